The van der Waals surface area contributed by atoms with Crippen LogP contribution in [0.15, 0.2) is 48.5 Å². The van der Waals surface area contributed by atoms with Crippen LogP contribution < -0.4 is 5.73 Å². The minimum atomic E-state index is 0.589. The van der Waals surface area contributed by atoms with Crippen molar-refractivity contribution in [2.75, 3.05) is 5.73 Å². The second kappa shape index (κ2) is 4.39. The molecular weight excluding hydrogens is 232 g/mol. The van der Waals surface area contributed by atoms with Gasteiger partial charge >= 0.3 is 0 Å². The third kappa shape index (κ3) is 2.06. The highest BCUT2D eigenvalue weighted by Gasteiger charge is 2.08. The van der Waals surface area contributed by atoms with Crippen LogP contribution in [0.3, 0.4) is 0 Å². The summed E-state index contributed by atoms with van der Waals surface area (Å²) in [7, 11) is 0. The highest BCUT2D eigenvalue weighted by molar-refractivity contribution is 5.90. The van der Waals surface area contributed by atoms with Crippen LogP contribution in [0.4, 0.5) is 5.82 Å². The summed E-state index contributed by atoms with van der Waals surface area (Å²) in [5.41, 5.74) is 11.6. The number of benzene rings is 2. The summed E-state index contributed by atoms with van der Waals surface area (Å²) in [6, 6.07) is 16.6. The number of nitrogens with two attached hydrogens (primary N) is 1. The van der Waals surface area contributed by atoms with Gasteiger partial charge in [-0.25, -0.2) is 4.98 Å². The van der Waals surface area contributed by atoms with E-state index in [9.17, 15) is 0 Å². The van der Waals surface area contributed by atoms with Gasteiger partial charge in [0.15, 0.2) is 0 Å². The number of aryl methyl sites for hydroxylation is 2. The van der Waals surface area contributed by atoms with Crippen molar-refractivity contribution in [3.8, 4) is 11.1 Å². The normalized spacial score (nSPS) is 10.8. The van der Waals surface area contributed by atoms with Crippen molar-refractivity contribution in [2.45, 2.75) is 13.8 Å². The van der Waals surface area contributed by atoms with E-state index in [0.29, 0.717) is 5.82 Å². The maximum Gasteiger partial charge on any atom is 0.132 e. The number of rotatable bonds is 1. The average molecular weight is 248 g/mol. The monoisotopic (exact) mass is 248 g/mol. The van der Waals surface area contributed by atoms with Crippen LogP contribution in [0.1, 0.15) is 11.1 Å². The lowest BCUT2D eigenvalue weighted by Crippen LogP contribution is -1.96. The lowest BCUT2D eigenvalue weighted by atomic mass is 10.0. The van der Waals surface area contributed by atoms with Crippen LogP contribution >= 0.6 is 0 Å². The molecule has 3 aromatic rings. The minimum Gasteiger partial charge on any atom is -0.383 e. The average Bonchev–Trinajstić information content (AvgIpc) is 2.40. The topological polar surface area (TPSA) is 38.9 Å². The van der Waals surface area contributed by atoms with Crippen LogP contribution in [0, 0.1) is 13.8 Å². The molecule has 2 N–H and O–H groups in total. The van der Waals surface area contributed by atoms with Crippen molar-refractivity contribution in [3.63, 3.8) is 0 Å². The fourth-order valence-electron chi connectivity index (χ4n) is 2.51. The van der Waals surface area contributed by atoms with Crippen molar-refractivity contribution < 1.29 is 0 Å². The molecule has 2 heteroatoms. The molecule has 19 heavy (non-hydrogen) atoms. The van der Waals surface area contributed by atoms with Crippen LogP contribution in [0.2, 0.25) is 0 Å². The zero-order valence-corrected chi connectivity index (χ0v) is 11.1. The van der Waals surface area contributed by atoms with Gasteiger partial charge < -0.3 is 5.73 Å². The molecular formula is C17H16N2. The van der Waals surface area contributed by atoms with Gasteiger partial charge in [0, 0.05) is 10.9 Å². The van der Waals surface area contributed by atoms with Gasteiger partial charge in [-0.3, -0.25) is 0 Å². The van der Waals surface area contributed by atoms with Crippen LogP contribution in [0.5, 0.6) is 0 Å². The molecule has 0 aliphatic carbocycles. The van der Waals surface area contributed by atoms with Gasteiger partial charge in [-0.2, -0.15) is 0 Å². The van der Waals surface area contributed by atoms with E-state index in [1.54, 1.807) is 0 Å². The molecule has 0 spiro atoms. The standard InChI is InChI=1S/C17H16N2/c1-11-8-12(2)16-14(9-11)10-15(17(18)19-16)13-6-4-3-5-7-13/h3-10H,1-2H3,(H2,18,19). The van der Waals surface area contributed by atoms with E-state index in [4.69, 9.17) is 5.73 Å². The number of nitrogen functional groups attached to an aromatic ring is 1. The van der Waals surface area contributed by atoms with E-state index in [1.165, 1.54) is 11.1 Å². The number of nitrogens with zero attached hydrogens (tertiary/aromatic N) is 1. The molecule has 0 radical (unpaired) electrons. The van der Waals surface area contributed by atoms with Gasteiger partial charge in [0.05, 0.1) is 5.52 Å². The highest BCUT2D eigenvalue weighted by Crippen LogP contribution is 2.29. The largest absolute Gasteiger partial charge is 0.383 e. The number of hydrogen-bond acceptors (Lipinski definition) is 2. The molecule has 0 aliphatic heterocycles. The molecule has 0 atom stereocenters. The molecule has 0 bridgehead atoms. The summed E-state index contributed by atoms with van der Waals surface area (Å²) in [6.07, 6.45) is 0. The molecule has 0 unspecified atom stereocenters. The molecule has 0 saturated heterocycles. The SMILES string of the molecule is Cc1cc(C)c2nc(N)c(-c3ccccc3)cc2c1. The predicted molar refractivity (Wildman–Crippen MR) is 81.1 cm³/mol. The Balaban J connectivity index is 2.31. The van der Waals surface area contributed by atoms with Gasteiger partial charge in [0.25, 0.3) is 0 Å². The molecule has 2 aromatic carbocycles. The fraction of sp³-hybridized carbons (Fsp3) is 0.118. The Labute approximate surface area is 112 Å². The molecule has 0 fully saturated rings. The zero-order chi connectivity index (χ0) is 13.4. The summed E-state index contributed by atoms with van der Waals surface area (Å²) in [6.45, 7) is 4.18. The lowest BCUT2D eigenvalue weighted by Gasteiger charge is -2.10. The Morgan fingerprint density at radius 1 is 0.947 bits per heavy atom. The van der Waals surface area contributed by atoms with Crippen LogP contribution in [0.25, 0.3) is 22.0 Å². The van der Waals surface area contributed by atoms with Crippen molar-refractivity contribution in [3.05, 3.63) is 59.7 Å². The number of anilines is 1. The second-order valence-corrected chi connectivity index (χ2v) is 4.94. The third-order valence-electron chi connectivity index (χ3n) is 3.37. The molecule has 0 saturated carbocycles. The van der Waals surface area contributed by atoms with Crippen molar-refractivity contribution in [2.24, 2.45) is 0 Å². The molecule has 1 aromatic heterocycles. The highest BCUT2D eigenvalue weighted by atomic mass is 14.8. The quantitative estimate of drug-likeness (QED) is 0.704. The van der Waals surface area contributed by atoms with Gasteiger partial charge in [-0.1, -0.05) is 42.0 Å². The number of hydrogen-bond donors (Lipinski definition) is 1. The number of aromatic nitrogens is 1. The summed E-state index contributed by atoms with van der Waals surface area (Å²) < 4.78 is 0. The molecule has 3 rings (SSSR count). The van der Waals surface area contributed by atoms with E-state index in [0.717, 1.165) is 22.0 Å². The first-order chi connectivity index (χ1) is 9.15. The molecule has 0 aliphatic rings. The van der Waals surface area contributed by atoms with Gasteiger partial charge in [-0.05, 0) is 37.1 Å². The Kier molecular flexibility index (Phi) is 2.71. The number of pyridine rings is 1. The van der Waals surface area contributed by atoms with Gasteiger partial charge in [0.1, 0.15) is 5.82 Å². The first-order valence-corrected chi connectivity index (χ1v) is 6.38. The van der Waals surface area contributed by atoms with E-state index < -0.39 is 0 Å². The zero-order valence-electron chi connectivity index (χ0n) is 11.1. The maximum absolute atomic E-state index is 6.11. The first kappa shape index (κ1) is 11.7. The second-order valence-electron chi connectivity index (χ2n) is 4.94. The smallest absolute Gasteiger partial charge is 0.132 e. The van der Waals surface area contributed by atoms with E-state index in [1.807, 2.05) is 18.2 Å². The fourth-order valence-corrected chi connectivity index (χ4v) is 2.51. The van der Waals surface area contributed by atoms with E-state index in [-0.39, 0.29) is 0 Å². The van der Waals surface area contributed by atoms with Crippen molar-refractivity contribution in [1.82, 2.24) is 4.98 Å². The van der Waals surface area contributed by atoms with E-state index >= 15 is 0 Å². The molecule has 0 amide bonds. The van der Waals surface area contributed by atoms with Crippen molar-refractivity contribution >= 4 is 16.7 Å². The third-order valence-corrected chi connectivity index (χ3v) is 3.37. The predicted octanol–water partition coefficient (Wildman–Crippen LogP) is 4.10. The van der Waals surface area contributed by atoms with Gasteiger partial charge in [0.2, 0.25) is 0 Å². The van der Waals surface area contributed by atoms with E-state index in [2.05, 4.69) is 49.2 Å². The van der Waals surface area contributed by atoms with Crippen molar-refractivity contribution in [1.29, 1.82) is 0 Å². The first-order valence-electron chi connectivity index (χ1n) is 6.38. The Hall–Kier alpha value is -2.35. The van der Waals surface area contributed by atoms with Gasteiger partial charge in [-0.15, -0.1) is 0 Å². The minimum absolute atomic E-state index is 0.589. The van der Waals surface area contributed by atoms with Crippen LogP contribution in [-0.4, -0.2) is 4.98 Å². The summed E-state index contributed by atoms with van der Waals surface area (Å²) >= 11 is 0. The number of fused-ring (bicyclic) bond motifs is 1. The Bertz CT molecular complexity index is 746. The lowest BCUT2D eigenvalue weighted by molar-refractivity contribution is 1.34. The summed E-state index contributed by atoms with van der Waals surface area (Å²) in [5.74, 6) is 0.589. The molecule has 1 heterocycles. The summed E-state index contributed by atoms with van der Waals surface area (Å²) in [5, 5.41) is 1.14. The molecule has 2 nitrogen and oxygen atoms in total. The Morgan fingerprint density at radius 2 is 1.68 bits per heavy atom. The van der Waals surface area contributed by atoms with Crippen LogP contribution in [-0.2, 0) is 0 Å². The Morgan fingerprint density at radius 3 is 2.42 bits per heavy atom. The molecule has 94 valence electrons. The maximum atomic E-state index is 6.11. The summed E-state index contributed by atoms with van der Waals surface area (Å²) in [4.78, 5) is 4.57.